The topological polar surface area (TPSA) is 54.9 Å². The van der Waals surface area contributed by atoms with E-state index in [0.29, 0.717) is 32.8 Å². The Kier molecular flexibility index (Phi) is 4.55. The molecule has 2 amide bonds. The summed E-state index contributed by atoms with van der Waals surface area (Å²) < 4.78 is 11.2. The van der Waals surface area contributed by atoms with E-state index in [1.807, 2.05) is 21.9 Å². The van der Waals surface area contributed by atoms with Crippen LogP contribution in [0.25, 0.3) is 0 Å². The van der Waals surface area contributed by atoms with E-state index in [4.69, 9.17) is 9.47 Å². The molecule has 3 rings (SSSR count). The number of amides is 2. The van der Waals surface area contributed by atoms with Gasteiger partial charge in [-0.1, -0.05) is 0 Å². The Labute approximate surface area is 124 Å². The number of hydrogen-bond donors (Lipinski definition) is 0. The molecule has 114 valence electrons. The summed E-state index contributed by atoms with van der Waals surface area (Å²) in [6.45, 7) is 4.11. The van der Waals surface area contributed by atoms with Crippen LogP contribution >= 0.6 is 0 Å². The molecule has 21 heavy (non-hydrogen) atoms. The van der Waals surface area contributed by atoms with Gasteiger partial charge in [0.2, 0.25) is 0 Å². The van der Waals surface area contributed by atoms with Crippen LogP contribution in [0, 0.1) is 0 Å². The van der Waals surface area contributed by atoms with Crippen molar-refractivity contribution in [2.24, 2.45) is 0 Å². The summed E-state index contributed by atoms with van der Waals surface area (Å²) in [5, 5.41) is 0. The van der Waals surface area contributed by atoms with E-state index in [-0.39, 0.29) is 12.1 Å². The number of urea groups is 1. The molecule has 1 atom stereocenters. The van der Waals surface area contributed by atoms with Crippen molar-refractivity contribution in [3.63, 3.8) is 0 Å². The number of morpholine rings is 1. The first-order valence-corrected chi connectivity index (χ1v) is 7.51. The monoisotopic (exact) mass is 291 g/mol. The predicted octanol–water partition coefficient (Wildman–Crippen LogP) is 1.38. The van der Waals surface area contributed by atoms with Gasteiger partial charge in [-0.15, -0.1) is 0 Å². The van der Waals surface area contributed by atoms with Crippen LogP contribution in [0.5, 0.6) is 5.75 Å². The second kappa shape index (κ2) is 6.76. The maximum atomic E-state index is 12.5. The molecule has 6 nitrogen and oxygen atoms in total. The number of carbonyl (C=O) groups excluding carboxylic acids is 1. The SMILES string of the molecule is O=C(N1CCOCC1)N1CCCC(Oc2ccncc2)C1. The molecule has 1 unspecified atom stereocenters. The summed E-state index contributed by atoms with van der Waals surface area (Å²) in [5.74, 6) is 0.815. The van der Waals surface area contributed by atoms with Crippen LogP contribution in [-0.2, 0) is 4.74 Å². The van der Waals surface area contributed by atoms with E-state index < -0.39 is 0 Å². The van der Waals surface area contributed by atoms with Gasteiger partial charge in [-0.25, -0.2) is 4.79 Å². The molecule has 0 aromatic carbocycles. The first-order chi connectivity index (χ1) is 10.3. The summed E-state index contributed by atoms with van der Waals surface area (Å²) in [6, 6.07) is 3.81. The number of likely N-dealkylation sites (tertiary alicyclic amines) is 1. The zero-order chi connectivity index (χ0) is 14.5. The molecule has 0 bridgehead atoms. The lowest BCUT2D eigenvalue weighted by atomic mass is 10.1. The van der Waals surface area contributed by atoms with Crippen LogP contribution < -0.4 is 4.74 Å². The zero-order valence-corrected chi connectivity index (χ0v) is 12.1. The summed E-state index contributed by atoms with van der Waals surface area (Å²) in [5.41, 5.74) is 0. The number of ether oxygens (including phenoxy) is 2. The normalized spacial score (nSPS) is 23.0. The first-order valence-electron chi connectivity index (χ1n) is 7.51. The molecule has 0 aliphatic carbocycles. The summed E-state index contributed by atoms with van der Waals surface area (Å²) in [6.07, 6.45) is 5.45. The van der Waals surface area contributed by atoms with Gasteiger partial charge in [0.25, 0.3) is 0 Å². The molecule has 1 aromatic heterocycles. The van der Waals surface area contributed by atoms with Crippen molar-refractivity contribution in [2.45, 2.75) is 18.9 Å². The Morgan fingerprint density at radius 3 is 2.71 bits per heavy atom. The summed E-state index contributed by atoms with van der Waals surface area (Å²) in [7, 11) is 0. The van der Waals surface area contributed by atoms with Crippen LogP contribution in [0.4, 0.5) is 4.79 Å². The molecular weight excluding hydrogens is 270 g/mol. The third kappa shape index (κ3) is 3.64. The van der Waals surface area contributed by atoms with Crippen LogP contribution in [0.15, 0.2) is 24.5 Å². The maximum absolute atomic E-state index is 12.5. The van der Waals surface area contributed by atoms with E-state index in [1.54, 1.807) is 12.4 Å². The average Bonchev–Trinajstić information content (AvgIpc) is 2.56. The number of piperidine rings is 1. The molecule has 2 aliphatic rings. The molecule has 0 radical (unpaired) electrons. The van der Waals surface area contributed by atoms with Crippen molar-refractivity contribution in [1.29, 1.82) is 0 Å². The Balaban J connectivity index is 1.56. The Bertz CT molecular complexity index is 462. The van der Waals surface area contributed by atoms with Crippen molar-refractivity contribution in [1.82, 2.24) is 14.8 Å². The number of pyridine rings is 1. The molecular formula is C15H21N3O3. The first kappa shape index (κ1) is 14.1. The molecule has 2 aliphatic heterocycles. The molecule has 6 heteroatoms. The van der Waals surface area contributed by atoms with Crippen molar-refractivity contribution in [3.05, 3.63) is 24.5 Å². The lowest BCUT2D eigenvalue weighted by molar-refractivity contribution is 0.0330. The molecule has 1 aromatic rings. The van der Waals surface area contributed by atoms with E-state index in [0.717, 1.165) is 25.1 Å². The van der Waals surface area contributed by atoms with Gasteiger partial charge in [0.15, 0.2) is 0 Å². The lowest BCUT2D eigenvalue weighted by Crippen LogP contribution is -2.52. The number of rotatable bonds is 2. The van der Waals surface area contributed by atoms with E-state index in [2.05, 4.69) is 4.98 Å². The van der Waals surface area contributed by atoms with E-state index in [1.165, 1.54) is 0 Å². The molecule has 3 heterocycles. The van der Waals surface area contributed by atoms with Gasteiger partial charge in [-0.05, 0) is 25.0 Å². The van der Waals surface area contributed by atoms with Gasteiger partial charge in [0.05, 0.1) is 19.8 Å². The second-order valence-corrected chi connectivity index (χ2v) is 5.39. The summed E-state index contributed by atoms with van der Waals surface area (Å²) in [4.78, 5) is 20.2. The molecule has 2 saturated heterocycles. The van der Waals surface area contributed by atoms with Gasteiger partial charge in [0, 0.05) is 32.0 Å². The van der Waals surface area contributed by atoms with Crippen LogP contribution in [-0.4, -0.2) is 66.3 Å². The van der Waals surface area contributed by atoms with Gasteiger partial charge in [-0.2, -0.15) is 0 Å². The fourth-order valence-corrected chi connectivity index (χ4v) is 2.77. The average molecular weight is 291 g/mol. The highest BCUT2D eigenvalue weighted by atomic mass is 16.5. The minimum atomic E-state index is 0.0612. The van der Waals surface area contributed by atoms with Crippen LogP contribution in [0.1, 0.15) is 12.8 Å². The Morgan fingerprint density at radius 2 is 1.95 bits per heavy atom. The molecule has 2 fully saturated rings. The van der Waals surface area contributed by atoms with Gasteiger partial charge in [-0.3, -0.25) is 4.98 Å². The summed E-state index contributed by atoms with van der Waals surface area (Å²) >= 11 is 0. The van der Waals surface area contributed by atoms with E-state index in [9.17, 15) is 4.79 Å². The third-order valence-electron chi connectivity index (χ3n) is 3.88. The van der Waals surface area contributed by atoms with Crippen molar-refractivity contribution in [2.75, 3.05) is 39.4 Å². The minimum Gasteiger partial charge on any atom is -0.488 e. The number of carbonyl (C=O) groups is 1. The predicted molar refractivity (Wildman–Crippen MR) is 77.2 cm³/mol. The lowest BCUT2D eigenvalue weighted by Gasteiger charge is -2.37. The highest BCUT2D eigenvalue weighted by molar-refractivity contribution is 5.74. The fraction of sp³-hybridized carbons (Fsp3) is 0.600. The standard InChI is InChI=1S/C15H21N3O3/c19-15(17-8-10-20-11-9-17)18-7-1-2-14(12-18)21-13-3-5-16-6-4-13/h3-6,14H,1-2,7-12H2. The largest absolute Gasteiger partial charge is 0.488 e. The Hall–Kier alpha value is -1.82. The number of nitrogens with zero attached hydrogens (tertiary/aromatic N) is 3. The maximum Gasteiger partial charge on any atom is 0.320 e. The van der Waals surface area contributed by atoms with E-state index >= 15 is 0 Å². The van der Waals surface area contributed by atoms with Crippen molar-refractivity contribution < 1.29 is 14.3 Å². The number of hydrogen-bond acceptors (Lipinski definition) is 4. The Morgan fingerprint density at radius 1 is 1.19 bits per heavy atom. The third-order valence-corrected chi connectivity index (χ3v) is 3.88. The fourth-order valence-electron chi connectivity index (χ4n) is 2.77. The molecule has 0 N–H and O–H groups in total. The zero-order valence-electron chi connectivity index (χ0n) is 12.1. The van der Waals surface area contributed by atoms with Gasteiger partial charge >= 0.3 is 6.03 Å². The highest BCUT2D eigenvalue weighted by Crippen LogP contribution is 2.19. The smallest absolute Gasteiger partial charge is 0.320 e. The number of aromatic nitrogens is 1. The van der Waals surface area contributed by atoms with Crippen molar-refractivity contribution in [3.8, 4) is 5.75 Å². The quantitative estimate of drug-likeness (QED) is 0.826. The second-order valence-electron chi connectivity index (χ2n) is 5.39. The molecule has 0 spiro atoms. The van der Waals surface area contributed by atoms with Crippen LogP contribution in [0.2, 0.25) is 0 Å². The van der Waals surface area contributed by atoms with Crippen LogP contribution in [0.3, 0.4) is 0 Å². The highest BCUT2D eigenvalue weighted by Gasteiger charge is 2.28. The van der Waals surface area contributed by atoms with Gasteiger partial charge < -0.3 is 19.3 Å². The van der Waals surface area contributed by atoms with Crippen molar-refractivity contribution >= 4 is 6.03 Å². The molecule has 0 saturated carbocycles. The van der Waals surface area contributed by atoms with Gasteiger partial charge in [0.1, 0.15) is 11.9 Å². The minimum absolute atomic E-state index is 0.0612.